The Morgan fingerprint density at radius 2 is 1.34 bits per heavy atom. The molecule has 0 aliphatic carbocycles. The third kappa shape index (κ3) is 6.87. The molecule has 10 heteroatoms. The van der Waals surface area contributed by atoms with Crippen molar-refractivity contribution in [2.45, 2.75) is 31.8 Å². The van der Waals surface area contributed by atoms with Crippen LogP contribution in [-0.2, 0) is 29.1 Å². The summed E-state index contributed by atoms with van der Waals surface area (Å²) in [6.07, 6.45) is -4.12. The summed E-state index contributed by atoms with van der Waals surface area (Å²) in [5, 5.41) is 30.8. The summed E-state index contributed by atoms with van der Waals surface area (Å²) in [6.45, 7) is -0.0861. The smallest absolute Gasteiger partial charge is 0.508 e. The minimum absolute atomic E-state index is 0.0332. The molecule has 4 aromatic carbocycles. The lowest BCUT2D eigenvalue weighted by Gasteiger charge is -2.31. The van der Waals surface area contributed by atoms with Crippen LogP contribution in [0, 0.1) is 0 Å². The summed E-state index contributed by atoms with van der Waals surface area (Å²) in [5.74, 6) is -0.547. The fourth-order valence-electron chi connectivity index (χ4n) is 4.29. The summed E-state index contributed by atoms with van der Waals surface area (Å²) in [6, 6.07) is 24.7. The van der Waals surface area contributed by atoms with Gasteiger partial charge in [0.2, 0.25) is 0 Å². The molecule has 0 aromatic heterocycles. The fraction of sp³-hybridized carbons (Fsp3) is 0.161. The van der Waals surface area contributed by atoms with Crippen molar-refractivity contribution in [3.05, 3.63) is 113 Å². The van der Waals surface area contributed by atoms with Gasteiger partial charge < -0.3 is 39.0 Å². The Morgan fingerprint density at radius 3 is 1.95 bits per heavy atom. The van der Waals surface area contributed by atoms with E-state index < -0.39 is 24.5 Å². The highest BCUT2D eigenvalue weighted by Crippen LogP contribution is 2.43. The molecule has 0 bridgehead atoms. The molecule has 2 atom stereocenters. The Kier molecular flexibility index (Phi) is 8.21. The number of phenolic OH excluding ortho intramolecular Hbond substituents is 2. The van der Waals surface area contributed by atoms with Crippen LogP contribution in [0.3, 0.4) is 0 Å². The Hall–Kier alpha value is -5.22. The van der Waals surface area contributed by atoms with Crippen LogP contribution >= 0.6 is 0 Å². The number of carbonyl (C=O) groups excluding carboxylic acids is 2. The maximum absolute atomic E-state index is 12.6. The van der Waals surface area contributed by atoms with E-state index in [9.17, 15) is 24.9 Å². The summed E-state index contributed by atoms with van der Waals surface area (Å²) >= 11 is 0. The van der Waals surface area contributed by atoms with Gasteiger partial charge in [0.1, 0.15) is 36.6 Å². The van der Waals surface area contributed by atoms with Gasteiger partial charge in [0.05, 0.1) is 6.10 Å². The second-order valence-electron chi connectivity index (χ2n) is 9.21. The zero-order valence-corrected chi connectivity index (χ0v) is 21.6. The van der Waals surface area contributed by atoms with Gasteiger partial charge in [-0.2, -0.15) is 0 Å². The third-order valence-corrected chi connectivity index (χ3v) is 6.27. The van der Waals surface area contributed by atoms with Crippen LogP contribution in [-0.4, -0.2) is 33.7 Å². The molecule has 3 N–H and O–H groups in total. The number of carbonyl (C=O) groups is 2. The second-order valence-corrected chi connectivity index (χ2v) is 9.21. The van der Waals surface area contributed by atoms with Gasteiger partial charge in [-0.3, -0.25) is 0 Å². The highest BCUT2D eigenvalue weighted by atomic mass is 16.7. The molecular formula is C31H26O10. The van der Waals surface area contributed by atoms with E-state index in [0.717, 1.165) is 17.2 Å². The van der Waals surface area contributed by atoms with Crippen LogP contribution in [0.15, 0.2) is 91.0 Å². The molecule has 0 saturated heterocycles. The fourth-order valence-corrected chi connectivity index (χ4v) is 4.29. The summed E-state index contributed by atoms with van der Waals surface area (Å²) < 4.78 is 27.0. The Morgan fingerprint density at radius 1 is 0.756 bits per heavy atom. The monoisotopic (exact) mass is 558 g/mol. The van der Waals surface area contributed by atoms with Gasteiger partial charge in [-0.25, -0.2) is 9.59 Å². The van der Waals surface area contributed by atoms with Crippen LogP contribution in [0.25, 0.3) is 0 Å². The predicted molar refractivity (Wildman–Crippen MR) is 144 cm³/mol. The van der Waals surface area contributed by atoms with Crippen LogP contribution < -0.4 is 14.2 Å². The molecule has 210 valence electrons. The van der Waals surface area contributed by atoms with Crippen molar-refractivity contribution in [2.24, 2.45) is 0 Å². The van der Waals surface area contributed by atoms with Gasteiger partial charge in [-0.1, -0.05) is 66.7 Å². The molecule has 1 aliphatic rings. The number of hydrogen-bond donors (Lipinski definition) is 3. The van der Waals surface area contributed by atoms with Crippen LogP contribution in [0.2, 0.25) is 0 Å². The van der Waals surface area contributed by atoms with E-state index in [1.165, 1.54) is 24.3 Å². The van der Waals surface area contributed by atoms with Crippen molar-refractivity contribution in [2.75, 3.05) is 0 Å². The average molecular weight is 559 g/mol. The van der Waals surface area contributed by atoms with Gasteiger partial charge in [0, 0.05) is 24.1 Å². The quantitative estimate of drug-likeness (QED) is 0.195. The third-order valence-electron chi connectivity index (χ3n) is 6.27. The number of aliphatic hydroxyl groups excluding tert-OH is 1. The molecule has 5 rings (SSSR count). The van der Waals surface area contributed by atoms with E-state index in [1.54, 1.807) is 48.5 Å². The molecule has 0 spiro atoms. The van der Waals surface area contributed by atoms with E-state index in [2.05, 4.69) is 0 Å². The molecule has 1 heterocycles. The molecular weight excluding hydrogens is 532 g/mol. The van der Waals surface area contributed by atoms with Crippen molar-refractivity contribution in [1.82, 2.24) is 0 Å². The maximum Gasteiger partial charge on any atom is 0.514 e. The minimum Gasteiger partial charge on any atom is -0.508 e. The lowest BCUT2D eigenvalue weighted by atomic mass is 9.94. The number of aromatic hydroxyl groups is 2. The largest absolute Gasteiger partial charge is 0.514 e. The first-order valence-electron chi connectivity index (χ1n) is 12.7. The van der Waals surface area contributed by atoms with Crippen molar-refractivity contribution in [3.63, 3.8) is 0 Å². The highest BCUT2D eigenvalue weighted by molar-refractivity contribution is 5.69. The lowest BCUT2D eigenvalue weighted by molar-refractivity contribution is 0.0196. The summed E-state index contributed by atoms with van der Waals surface area (Å²) in [4.78, 5) is 25.0. The summed E-state index contributed by atoms with van der Waals surface area (Å²) in [7, 11) is 0. The Bertz CT molecular complexity index is 1520. The molecule has 0 amide bonds. The van der Waals surface area contributed by atoms with Gasteiger partial charge >= 0.3 is 12.3 Å². The zero-order valence-electron chi connectivity index (χ0n) is 21.6. The maximum atomic E-state index is 12.6. The van der Waals surface area contributed by atoms with Gasteiger partial charge in [0.15, 0.2) is 11.5 Å². The second kappa shape index (κ2) is 12.3. The molecule has 0 saturated carbocycles. The SMILES string of the molecule is O=C(OCc1ccccc1)Oc1ccc(C2Oc3cc(O)cc(O)c3C[C@H]2O)cc1OC(=O)OCc1ccccc1. The van der Waals surface area contributed by atoms with Crippen LogP contribution in [0.1, 0.15) is 28.4 Å². The molecule has 1 unspecified atom stereocenters. The van der Waals surface area contributed by atoms with Crippen LogP contribution in [0.4, 0.5) is 9.59 Å². The standard InChI is InChI=1S/C31H26O10/c32-22-14-24(33)23-16-25(34)29(39-27(23)15-22)21-11-12-26(40-30(35)37-17-19-7-3-1-4-8-19)28(13-21)41-31(36)38-18-20-9-5-2-6-10-20/h1-15,25,29,32-34H,16-18H2/t25-,29?/m1/s1. The Labute approximate surface area is 234 Å². The summed E-state index contributed by atoms with van der Waals surface area (Å²) in [5.41, 5.74) is 2.19. The average Bonchev–Trinajstić information content (AvgIpc) is 2.97. The number of benzene rings is 4. The van der Waals surface area contributed by atoms with Crippen molar-refractivity contribution < 1.29 is 48.6 Å². The Balaban J connectivity index is 1.36. The topological polar surface area (TPSA) is 141 Å². The van der Waals surface area contributed by atoms with Crippen molar-refractivity contribution >= 4 is 12.3 Å². The first-order valence-corrected chi connectivity index (χ1v) is 12.7. The van der Waals surface area contributed by atoms with Gasteiger partial charge in [0.25, 0.3) is 0 Å². The number of phenols is 2. The van der Waals surface area contributed by atoms with E-state index in [0.29, 0.717) is 11.1 Å². The predicted octanol–water partition coefficient (Wildman–Crippen LogP) is 5.57. The molecule has 0 fully saturated rings. The first kappa shape index (κ1) is 27.4. The lowest BCUT2D eigenvalue weighted by Crippen LogP contribution is -2.30. The van der Waals surface area contributed by atoms with E-state index in [4.69, 9.17) is 23.7 Å². The van der Waals surface area contributed by atoms with Crippen molar-refractivity contribution in [3.8, 4) is 28.7 Å². The number of rotatable bonds is 7. The zero-order chi connectivity index (χ0) is 28.8. The molecule has 4 aromatic rings. The number of hydrogen-bond acceptors (Lipinski definition) is 10. The molecule has 1 aliphatic heterocycles. The van der Waals surface area contributed by atoms with Crippen LogP contribution in [0.5, 0.6) is 28.7 Å². The molecule has 0 radical (unpaired) electrons. The number of ether oxygens (including phenoxy) is 5. The number of fused-ring (bicyclic) bond motifs is 1. The van der Waals surface area contributed by atoms with E-state index in [-0.39, 0.29) is 48.4 Å². The highest BCUT2D eigenvalue weighted by Gasteiger charge is 2.33. The first-order chi connectivity index (χ1) is 19.9. The van der Waals surface area contributed by atoms with Gasteiger partial charge in [-0.05, 0) is 28.8 Å². The molecule has 10 nitrogen and oxygen atoms in total. The normalized spacial score (nSPS) is 15.6. The van der Waals surface area contributed by atoms with Gasteiger partial charge in [-0.15, -0.1) is 0 Å². The van der Waals surface area contributed by atoms with E-state index >= 15 is 0 Å². The minimum atomic E-state index is -1.10. The molecule has 41 heavy (non-hydrogen) atoms. The van der Waals surface area contributed by atoms with E-state index in [1.807, 2.05) is 12.1 Å². The number of aliphatic hydroxyl groups is 1. The van der Waals surface area contributed by atoms with Crippen molar-refractivity contribution in [1.29, 1.82) is 0 Å².